The Bertz CT molecular complexity index is 674. The summed E-state index contributed by atoms with van der Waals surface area (Å²) in [7, 11) is 1.37. The number of rotatable bonds is 3. The summed E-state index contributed by atoms with van der Waals surface area (Å²) < 4.78 is 6.26. The van der Waals surface area contributed by atoms with E-state index in [1.54, 1.807) is 10.9 Å². The van der Waals surface area contributed by atoms with Crippen molar-refractivity contribution in [2.75, 3.05) is 30.1 Å². The van der Waals surface area contributed by atoms with Gasteiger partial charge < -0.3 is 9.64 Å². The molecule has 22 heavy (non-hydrogen) atoms. The maximum Gasteiger partial charge on any atom is 0.327 e. The lowest BCUT2D eigenvalue weighted by Gasteiger charge is -2.28. The van der Waals surface area contributed by atoms with Gasteiger partial charge in [-0.15, -0.1) is 0 Å². The average molecular weight is 321 g/mol. The number of ether oxygens (including phenoxy) is 1. The molecule has 0 amide bonds. The maximum atomic E-state index is 11.5. The van der Waals surface area contributed by atoms with Crippen molar-refractivity contribution in [1.29, 1.82) is 0 Å². The van der Waals surface area contributed by atoms with Crippen molar-refractivity contribution in [1.82, 2.24) is 19.7 Å². The van der Waals surface area contributed by atoms with Crippen LogP contribution in [0.25, 0.3) is 11.0 Å². The summed E-state index contributed by atoms with van der Waals surface area (Å²) >= 11 is 1.97. The van der Waals surface area contributed by atoms with Gasteiger partial charge in [0.05, 0.1) is 18.7 Å². The van der Waals surface area contributed by atoms with Crippen molar-refractivity contribution in [3.8, 4) is 0 Å². The third-order valence-electron chi connectivity index (χ3n) is 3.88. The molecule has 1 fully saturated rings. The Morgan fingerprint density at radius 3 is 3.14 bits per heavy atom. The molecule has 3 heterocycles. The summed E-state index contributed by atoms with van der Waals surface area (Å²) in [5.74, 6) is 2.82. The van der Waals surface area contributed by atoms with E-state index < -0.39 is 0 Å². The molecule has 8 heteroatoms. The van der Waals surface area contributed by atoms with Gasteiger partial charge in [-0.2, -0.15) is 16.9 Å². The first-order chi connectivity index (χ1) is 10.7. The Labute approximate surface area is 133 Å². The first kappa shape index (κ1) is 15.1. The van der Waals surface area contributed by atoms with Gasteiger partial charge in [0.2, 0.25) is 0 Å². The minimum absolute atomic E-state index is 0.0574. The fraction of sp³-hybridized carbons (Fsp3) is 0.571. The molecule has 3 rings (SSSR count). The van der Waals surface area contributed by atoms with Crippen molar-refractivity contribution in [2.24, 2.45) is 0 Å². The van der Waals surface area contributed by atoms with Gasteiger partial charge in [-0.05, 0) is 19.1 Å². The Kier molecular flexibility index (Phi) is 4.47. The summed E-state index contributed by atoms with van der Waals surface area (Å²) in [6.45, 7) is 3.24. The highest BCUT2D eigenvalue weighted by atomic mass is 32.2. The van der Waals surface area contributed by atoms with E-state index in [2.05, 4.69) is 26.9 Å². The number of anilines is 1. The largest absolute Gasteiger partial charge is 0.468 e. The second kappa shape index (κ2) is 6.51. The van der Waals surface area contributed by atoms with Crippen LogP contribution in [0.15, 0.2) is 12.5 Å². The molecule has 0 aromatic carbocycles. The van der Waals surface area contributed by atoms with Gasteiger partial charge in [0.15, 0.2) is 5.65 Å². The number of carbonyl (C=O) groups is 1. The van der Waals surface area contributed by atoms with Crippen molar-refractivity contribution < 1.29 is 9.53 Å². The van der Waals surface area contributed by atoms with Crippen LogP contribution in [0.3, 0.4) is 0 Å². The van der Waals surface area contributed by atoms with Crippen molar-refractivity contribution in [2.45, 2.75) is 25.9 Å². The monoisotopic (exact) mass is 321 g/mol. The second-order valence-electron chi connectivity index (χ2n) is 5.26. The highest BCUT2D eigenvalue weighted by Crippen LogP contribution is 2.27. The van der Waals surface area contributed by atoms with Crippen molar-refractivity contribution >= 4 is 34.6 Å². The number of esters is 1. The Hall–Kier alpha value is -1.83. The molecule has 1 aliphatic rings. The van der Waals surface area contributed by atoms with Crippen LogP contribution >= 0.6 is 11.8 Å². The van der Waals surface area contributed by atoms with Crippen LogP contribution in [0, 0.1) is 0 Å². The molecule has 7 nitrogen and oxygen atoms in total. The minimum Gasteiger partial charge on any atom is -0.468 e. The van der Waals surface area contributed by atoms with Gasteiger partial charge in [-0.1, -0.05) is 0 Å². The van der Waals surface area contributed by atoms with E-state index in [4.69, 9.17) is 4.74 Å². The third kappa shape index (κ3) is 2.87. The smallest absolute Gasteiger partial charge is 0.327 e. The predicted octanol–water partition coefficient (Wildman–Crippen LogP) is 1.33. The normalized spacial score (nSPS) is 19.2. The number of carbonyl (C=O) groups excluding carboxylic acids is 1. The molecule has 2 aromatic rings. The van der Waals surface area contributed by atoms with E-state index in [1.165, 1.54) is 19.2 Å². The summed E-state index contributed by atoms with van der Waals surface area (Å²) in [5, 5.41) is 5.15. The molecule has 0 spiro atoms. The number of nitrogens with zero attached hydrogens (tertiary/aromatic N) is 5. The zero-order valence-electron chi connectivity index (χ0n) is 12.7. The zero-order chi connectivity index (χ0) is 15.5. The molecule has 0 radical (unpaired) electrons. The molecule has 0 N–H and O–H groups in total. The lowest BCUT2D eigenvalue weighted by Crippen LogP contribution is -2.34. The molecule has 0 aliphatic carbocycles. The van der Waals surface area contributed by atoms with Crippen LogP contribution in [0.4, 0.5) is 5.82 Å². The topological polar surface area (TPSA) is 73.1 Å². The van der Waals surface area contributed by atoms with E-state index in [9.17, 15) is 4.79 Å². The van der Waals surface area contributed by atoms with Gasteiger partial charge >= 0.3 is 5.97 Å². The van der Waals surface area contributed by atoms with Crippen molar-refractivity contribution in [3.05, 3.63) is 12.5 Å². The Balaban J connectivity index is 1.98. The molecular weight excluding hydrogens is 302 g/mol. The van der Waals surface area contributed by atoms with E-state index in [0.29, 0.717) is 11.7 Å². The molecular formula is C14H19N5O2S. The van der Waals surface area contributed by atoms with E-state index in [0.717, 1.165) is 29.9 Å². The summed E-state index contributed by atoms with van der Waals surface area (Å²) in [6, 6.07) is 0.428. The van der Waals surface area contributed by atoms with Gasteiger partial charge in [-0.3, -0.25) is 4.79 Å². The molecule has 118 valence electrons. The average Bonchev–Trinajstić information content (AvgIpc) is 2.81. The second-order valence-corrected chi connectivity index (χ2v) is 6.48. The first-order valence-corrected chi connectivity index (χ1v) is 8.44. The summed E-state index contributed by atoms with van der Waals surface area (Å²) in [5.41, 5.74) is 0.666. The molecule has 1 unspecified atom stereocenters. The molecule has 2 aromatic heterocycles. The quantitative estimate of drug-likeness (QED) is 0.790. The fourth-order valence-corrected chi connectivity index (χ4v) is 3.66. The zero-order valence-corrected chi connectivity index (χ0v) is 13.5. The molecule has 0 bridgehead atoms. The number of thioether (sulfide) groups is 1. The van der Waals surface area contributed by atoms with Gasteiger partial charge in [-0.25, -0.2) is 14.6 Å². The highest BCUT2D eigenvalue weighted by molar-refractivity contribution is 7.99. The SMILES string of the molecule is COC(=O)Cn1ncc2c(N3CCSCCC3C)ncnc21. The number of aromatic nitrogens is 4. The van der Waals surface area contributed by atoms with Gasteiger partial charge in [0, 0.05) is 18.3 Å². The number of hydrogen-bond acceptors (Lipinski definition) is 7. The maximum absolute atomic E-state index is 11.5. The van der Waals surface area contributed by atoms with E-state index >= 15 is 0 Å². The molecule has 1 saturated heterocycles. The summed E-state index contributed by atoms with van der Waals surface area (Å²) in [6.07, 6.45) is 4.41. The lowest BCUT2D eigenvalue weighted by atomic mass is 10.2. The van der Waals surface area contributed by atoms with E-state index in [-0.39, 0.29) is 12.5 Å². The standard InChI is InChI=1S/C14H19N5O2S/c1-10-3-5-22-6-4-18(10)13-11-7-17-19(8-12(20)21-2)14(11)16-9-15-13/h7,9-10H,3-6,8H2,1-2H3. The van der Waals surface area contributed by atoms with Crippen LogP contribution in [0.1, 0.15) is 13.3 Å². The van der Waals surface area contributed by atoms with Gasteiger partial charge in [0.1, 0.15) is 18.7 Å². The molecule has 0 saturated carbocycles. The number of methoxy groups -OCH3 is 1. The van der Waals surface area contributed by atoms with Crippen LogP contribution in [-0.4, -0.2) is 56.9 Å². The van der Waals surface area contributed by atoms with Crippen LogP contribution < -0.4 is 4.90 Å². The third-order valence-corrected chi connectivity index (χ3v) is 4.88. The summed E-state index contributed by atoms with van der Waals surface area (Å²) in [4.78, 5) is 22.5. The Morgan fingerprint density at radius 2 is 2.32 bits per heavy atom. The molecule has 1 atom stereocenters. The van der Waals surface area contributed by atoms with Crippen LogP contribution in [0.2, 0.25) is 0 Å². The number of hydrogen-bond donors (Lipinski definition) is 0. The Morgan fingerprint density at radius 1 is 1.45 bits per heavy atom. The van der Waals surface area contributed by atoms with E-state index in [1.807, 2.05) is 11.8 Å². The van der Waals surface area contributed by atoms with Crippen molar-refractivity contribution in [3.63, 3.8) is 0 Å². The van der Waals surface area contributed by atoms with Crippen LogP contribution in [0.5, 0.6) is 0 Å². The predicted molar refractivity (Wildman–Crippen MR) is 86.1 cm³/mol. The minimum atomic E-state index is -0.343. The number of fused-ring (bicyclic) bond motifs is 1. The van der Waals surface area contributed by atoms with Gasteiger partial charge in [0.25, 0.3) is 0 Å². The highest BCUT2D eigenvalue weighted by Gasteiger charge is 2.22. The lowest BCUT2D eigenvalue weighted by molar-refractivity contribution is -0.141. The first-order valence-electron chi connectivity index (χ1n) is 7.28. The fourth-order valence-electron chi connectivity index (χ4n) is 2.62. The van der Waals surface area contributed by atoms with Crippen LogP contribution in [-0.2, 0) is 16.1 Å². The molecule has 1 aliphatic heterocycles.